The second-order valence-electron chi connectivity index (χ2n) is 5.04. The molecule has 2 rings (SSSR count). The Hall–Kier alpha value is -0.0800. The van der Waals surface area contributed by atoms with E-state index in [1.807, 2.05) is 0 Å². The maximum Gasteiger partial charge on any atom is 0.0471 e. The van der Waals surface area contributed by atoms with Gasteiger partial charge in [0, 0.05) is 18.8 Å². The van der Waals surface area contributed by atoms with Crippen LogP contribution in [0.5, 0.6) is 0 Å². The van der Waals surface area contributed by atoms with Gasteiger partial charge in [0.15, 0.2) is 0 Å². The first-order valence-electron chi connectivity index (χ1n) is 5.53. The van der Waals surface area contributed by atoms with Crippen molar-refractivity contribution in [3.63, 3.8) is 0 Å². The molecular weight excluding hydrogens is 162 g/mol. The fourth-order valence-corrected chi connectivity index (χ4v) is 2.93. The molecule has 0 aromatic rings. The van der Waals surface area contributed by atoms with Crippen molar-refractivity contribution in [3.8, 4) is 0 Å². The van der Waals surface area contributed by atoms with Crippen LogP contribution in [0, 0.1) is 5.41 Å². The summed E-state index contributed by atoms with van der Waals surface area (Å²) in [4.78, 5) is 0. The summed E-state index contributed by atoms with van der Waals surface area (Å²) in [5.41, 5.74) is 6.98. The molecule has 0 spiro atoms. The summed E-state index contributed by atoms with van der Waals surface area (Å²) in [5, 5.41) is 0. The number of ether oxygens (including phenoxy) is 1. The molecular formula is C11H21NO. The van der Waals surface area contributed by atoms with E-state index >= 15 is 0 Å². The Morgan fingerprint density at radius 2 is 1.54 bits per heavy atom. The van der Waals surface area contributed by atoms with Crippen LogP contribution < -0.4 is 5.73 Å². The lowest BCUT2D eigenvalue weighted by atomic mass is 9.65. The third-order valence-electron chi connectivity index (χ3n) is 4.29. The SMILES string of the molecule is CC1(C2(N)CCCC2)CCOCC1. The van der Waals surface area contributed by atoms with Crippen molar-refractivity contribution < 1.29 is 4.74 Å². The number of nitrogens with two attached hydrogens (primary N) is 1. The molecule has 1 saturated heterocycles. The zero-order chi connectivity index (χ0) is 9.36. The lowest BCUT2D eigenvalue weighted by Crippen LogP contribution is -2.54. The van der Waals surface area contributed by atoms with Crippen LogP contribution in [-0.4, -0.2) is 18.8 Å². The van der Waals surface area contributed by atoms with Crippen LogP contribution in [0.1, 0.15) is 45.4 Å². The van der Waals surface area contributed by atoms with E-state index in [1.165, 1.54) is 25.7 Å². The van der Waals surface area contributed by atoms with Crippen LogP contribution in [-0.2, 0) is 4.74 Å². The van der Waals surface area contributed by atoms with E-state index in [-0.39, 0.29) is 5.54 Å². The zero-order valence-electron chi connectivity index (χ0n) is 8.64. The normalized spacial score (nSPS) is 31.8. The van der Waals surface area contributed by atoms with Gasteiger partial charge in [0.25, 0.3) is 0 Å². The predicted molar refractivity (Wildman–Crippen MR) is 53.5 cm³/mol. The Morgan fingerprint density at radius 1 is 1.00 bits per heavy atom. The summed E-state index contributed by atoms with van der Waals surface area (Å²) < 4.78 is 5.41. The Balaban J connectivity index is 2.11. The molecule has 0 bridgehead atoms. The quantitative estimate of drug-likeness (QED) is 0.675. The lowest BCUT2D eigenvalue weighted by Gasteiger charge is -2.46. The zero-order valence-corrected chi connectivity index (χ0v) is 8.64. The summed E-state index contributed by atoms with van der Waals surface area (Å²) in [6.45, 7) is 4.19. The molecule has 2 N–H and O–H groups in total. The van der Waals surface area contributed by atoms with Gasteiger partial charge in [0.05, 0.1) is 0 Å². The first-order chi connectivity index (χ1) is 6.16. The van der Waals surface area contributed by atoms with Gasteiger partial charge in [-0.1, -0.05) is 19.8 Å². The molecule has 2 nitrogen and oxygen atoms in total. The van der Waals surface area contributed by atoms with E-state index in [0.29, 0.717) is 5.41 Å². The van der Waals surface area contributed by atoms with Gasteiger partial charge < -0.3 is 10.5 Å². The van der Waals surface area contributed by atoms with E-state index in [4.69, 9.17) is 10.5 Å². The molecule has 2 fully saturated rings. The summed E-state index contributed by atoms with van der Waals surface area (Å²) in [7, 11) is 0. The molecule has 0 amide bonds. The summed E-state index contributed by atoms with van der Waals surface area (Å²) >= 11 is 0. The third kappa shape index (κ3) is 1.50. The first-order valence-corrected chi connectivity index (χ1v) is 5.53. The van der Waals surface area contributed by atoms with Gasteiger partial charge in [-0.2, -0.15) is 0 Å². The average Bonchev–Trinajstić information content (AvgIpc) is 2.55. The molecule has 0 aromatic carbocycles. The highest BCUT2D eigenvalue weighted by molar-refractivity contribution is 5.03. The van der Waals surface area contributed by atoms with Gasteiger partial charge in [-0.3, -0.25) is 0 Å². The average molecular weight is 183 g/mol. The molecule has 0 unspecified atom stereocenters. The van der Waals surface area contributed by atoms with Crippen LogP contribution >= 0.6 is 0 Å². The van der Waals surface area contributed by atoms with Crippen LogP contribution in [0.4, 0.5) is 0 Å². The topological polar surface area (TPSA) is 35.2 Å². The number of hydrogen-bond donors (Lipinski definition) is 1. The van der Waals surface area contributed by atoms with Gasteiger partial charge >= 0.3 is 0 Å². The van der Waals surface area contributed by atoms with Crippen LogP contribution in [0.3, 0.4) is 0 Å². The molecule has 0 aromatic heterocycles. The molecule has 1 aliphatic heterocycles. The van der Waals surface area contributed by atoms with Gasteiger partial charge in [-0.25, -0.2) is 0 Å². The summed E-state index contributed by atoms with van der Waals surface area (Å²) in [6, 6.07) is 0. The maximum absolute atomic E-state index is 6.51. The predicted octanol–water partition coefficient (Wildman–Crippen LogP) is 2.07. The third-order valence-corrected chi connectivity index (χ3v) is 4.29. The minimum atomic E-state index is 0.122. The molecule has 76 valence electrons. The number of rotatable bonds is 1. The van der Waals surface area contributed by atoms with Gasteiger partial charge in [-0.05, 0) is 31.1 Å². The van der Waals surface area contributed by atoms with Crippen molar-refractivity contribution in [2.45, 2.75) is 51.0 Å². The molecule has 1 heterocycles. The highest BCUT2D eigenvalue weighted by Gasteiger charge is 2.47. The maximum atomic E-state index is 6.51. The molecule has 13 heavy (non-hydrogen) atoms. The minimum Gasteiger partial charge on any atom is -0.381 e. The summed E-state index contributed by atoms with van der Waals surface area (Å²) in [6.07, 6.45) is 7.42. The van der Waals surface area contributed by atoms with Crippen molar-refractivity contribution in [1.29, 1.82) is 0 Å². The Bertz CT molecular complexity index is 179. The van der Waals surface area contributed by atoms with Crippen LogP contribution in [0.25, 0.3) is 0 Å². The van der Waals surface area contributed by atoms with Crippen molar-refractivity contribution in [1.82, 2.24) is 0 Å². The highest BCUT2D eigenvalue weighted by atomic mass is 16.5. The standard InChI is InChI=1S/C11H21NO/c1-10(6-8-13-9-7-10)11(12)4-2-3-5-11/h2-9,12H2,1H3. The molecule has 1 saturated carbocycles. The van der Waals surface area contributed by atoms with E-state index in [0.717, 1.165) is 26.1 Å². The first kappa shape index (κ1) is 9.47. The molecule has 1 aliphatic carbocycles. The monoisotopic (exact) mass is 183 g/mol. The van der Waals surface area contributed by atoms with E-state index in [2.05, 4.69) is 6.92 Å². The van der Waals surface area contributed by atoms with E-state index in [9.17, 15) is 0 Å². The Kier molecular flexibility index (Phi) is 2.37. The number of hydrogen-bond acceptors (Lipinski definition) is 2. The largest absolute Gasteiger partial charge is 0.381 e. The van der Waals surface area contributed by atoms with Crippen molar-refractivity contribution in [2.24, 2.45) is 11.1 Å². The van der Waals surface area contributed by atoms with Gasteiger partial charge in [0.2, 0.25) is 0 Å². The van der Waals surface area contributed by atoms with Gasteiger partial charge in [-0.15, -0.1) is 0 Å². The van der Waals surface area contributed by atoms with Crippen LogP contribution in [0.2, 0.25) is 0 Å². The van der Waals surface area contributed by atoms with Crippen molar-refractivity contribution in [3.05, 3.63) is 0 Å². The lowest BCUT2D eigenvalue weighted by molar-refractivity contribution is -0.0179. The van der Waals surface area contributed by atoms with Crippen LogP contribution in [0.15, 0.2) is 0 Å². The van der Waals surface area contributed by atoms with E-state index < -0.39 is 0 Å². The molecule has 2 aliphatic rings. The molecule has 0 atom stereocenters. The smallest absolute Gasteiger partial charge is 0.0471 e. The summed E-state index contributed by atoms with van der Waals surface area (Å²) in [5.74, 6) is 0. The Morgan fingerprint density at radius 3 is 2.08 bits per heavy atom. The van der Waals surface area contributed by atoms with Gasteiger partial charge in [0.1, 0.15) is 0 Å². The Labute approximate surface area is 80.8 Å². The second-order valence-corrected chi connectivity index (χ2v) is 5.04. The molecule has 0 radical (unpaired) electrons. The fourth-order valence-electron chi connectivity index (χ4n) is 2.93. The van der Waals surface area contributed by atoms with Crippen molar-refractivity contribution >= 4 is 0 Å². The second kappa shape index (κ2) is 3.25. The van der Waals surface area contributed by atoms with Crippen molar-refractivity contribution in [2.75, 3.05) is 13.2 Å². The molecule has 2 heteroatoms. The fraction of sp³-hybridized carbons (Fsp3) is 1.00. The van der Waals surface area contributed by atoms with E-state index in [1.54, 1.807) is 0 Å². The minimum absolute atomic E-state index is 0.122. The highest BCUT2D eigenvalue weighted by Crippen LogP contribution is 2.47.